The van der Waals surface area contributed by atoms with Crippen molar-refractivity contribution in [1.29, 1.82) is 0 Å². The third-order valence-corrected chi connectivity index (χ3v) is 15.9. The Labute approximate surface area is 257 Å². The van der Waals surface area contributed by atoms with Gasteiger partial charge in [0.2, 0.25) is 14.1 Å². The third-order valence-electron chi connectivity index (χ3n) is 8.36. The van der Waals surface area contributed by atoms with E-state index in [0.29, 0.717) is 0 Å². The van der Waals surface area contributed by atoms with Crippen LogP contribution in [0.3, 0.4) is 0 Å². The van der Waals surface area contributed by atoms with Gasteiger partial charge in [-0.2, -0.15) is 0 Å². The zero-order valence-electron chi connectivity index (χ0n) is 28.1. The van der Waals surface area contributed by atoms with Gasteiger partial charge < -0.3 is 23.1 Å². The van der Waals surface area contributed by atoms with Gasteiger partial charge in [0.1, 0.15) is 11.9 Å². The van der Waals surface area contributed by atoms with Gasteiger partial charge in [0.15, 0.2) is 16.6 Å². The number of rotatable bonds is 10. The monoisotopic (exact) mass is 636 g/mol. The summed E-state index contributed by atoms with van der Waals surface area (Å²) in [6, 6.07) is 10.7. The quantitative estimate of drug-likeness (QED) is 0.264. The van der Waals surface area contributed by atoms with Gasteiger partial charge in [-0.05, 0) is 107 Å². The van der Waals surface area contributed by atoms with Gasteiger partial charge in [0, 0.05) is 10.8 Å². The predicted molar refractivity (Wildman–Crippen MR) is 181 cm³/mol. The number of hydrogen-bond donors (Lipinski definition) is 1. The van der Waals surface area contributed by atoms with Gasteiger partial charge in [0.05, 0.1) is 17.1 Å². The minimum absolute atomic E-state index is 0.112. The molecule has 1 N–H and O–H groups in total. The zero-order valence-corrected chi connectivity index (χ0v) is 31.9. The Hall–Kier alpha value is -0.789. The molecule has 1 aromatic heterocycles. The van der Waals surface area contributed by atoms with Crippen molar-refractivity contribution in [3.05, 3.63) is 51.2 Å². The summed E-state index contributed by atoms with van der Waals surface area (Å²) in [7, 11) is -5.87. The SMILES string of the molecule is CC[C@H]1OC(O)(c2cc(Cc3ccc(O[Si](C)(C)C(C)(C)C)cc3)c(C)s2)[C@H](O[Si](C)(C)C)[C@@H](O[Si](C)(C)C)[C@@H]1C. The molecule has 9 heteroatoms. The average molecular weight is 637 g/mol. The molecule has 1 saturated heterocycles. The molecule has 5 nitrogen and oxygen atoms in total. The molecule has 1 unspecified atom stereocenters. The second-order valence-electron chi connectivity index (χ2n) is 15.3. The van der Waals surface area contributed by atoms with Crippen molar-refractivity contribution in [2.24, 2.45) is 5.92 Å². The number of ether oxygens (including phenoxy) is 1. The molecular weight excluding hydrogens is 581 g/mol. The topological polar surface area (TPSA) is 57.2 Å². The van der Waals surface area contributed by atoms with Crippen LogP contribution in [0.25, 0.3) is 0 Å². The number of thiophene rings is 1. The fourth-order valence-corrected chi connectivity index (χ4v) is 9.43. The van der Waals surface area contributed by atoms with E-state index in [9.17, 15) is 5.11 Å². The first-order valence-corrected chi connectivity index (χ1v) is 25.7. The van der Waals surface area contributed by atoms with Crippen LogP contribution < -0.4 is 4.43 Å². The Balaban J connectivity index is 1.94. The fourth-order valence-electron chi connectivity index (χ4n) is 5.09. The molecule has 2 aromatic rings. The molecule has 5 atom stereocenters. The first-order valence-electron chi connectivity index (χ1n) is 15.2. The number of aryl methyl sites for hydroxylation is 1. The van der Waals surface area contributed by atoms with Gasteiger partial charge >= 0.3 is 0 Å². The van der Waals surface area contributed by atoms with Crippen molar-refractivity contribution in [2.75, 3.05) is 0 Å². The van der Waals surface area contributed by atoms with E-state index in [1.54, 1.807) is 11.3 Å². The van der Waals surface area contributed by atoms with Crippen LogP contribution in [0.15, 0.2) is 30.3 Å². The molecule has 0 spiro atoms. The first-order chi connectivity index (χ1) is 18.6. The van der Waals surface area contributed by atoms with E-state index in [4.69, 9.17) is 18.0 Å². The molecule has 0 amide bonds. The van der Waals surface area contributed by atoms with E-state index in [0.717, 1.165) is 23.5 Å². The van der Waals surface area contributed by atoms with Gasteiger partial charge in [-0.15, -0.1) is 11.3 Å². The summed E-state index contributed by atoms with van der Waals surface area (Å²) in [5, 5.41) is 12.6. The maximum atomic E-state index is 12.5. The summed E-state index contributed by atoms with van der Waals surface area (Å²) in [6.45, 7) is 30.9. The van der Waals surface area contributed by atoms with Crippen LogP contribution >= 0.6 is 11.3 Å². The Bertz CT molecular complexity index is 1160. The molecule has 0 bridgehead atoms. The molecule has 41 heavy (non-hydrogen) atoms. The molecule has 2 heterocycles. The van der Waals surface area contributed by atoms with Crippen LogP contribution in [-0.4, -0.2) is 48.4 Å². The van der Waals surface area contributed by atoms with Crippen LogP contribution in [0.2, 0.25) is 57.4 Å². The lowest BCUT2D eigenvalue weighted by Gasteiger charge is -2.52. The zero-order chi connectivity index (χ0) is 31.2. The maximum absolute atomic E-state index is 12.5. The lowest BCUT2D eigenvalue weighted by Crippen LogP contribution is -2.64. The smallest absolute Gasteiger partial charge is 0.250 e. The largest absolute Gasteiger partial charge is 0.544 e. The van der Waals surface area contributed by atoms with Crippen LogP contribution in [0.1, 0.15) is 61.9 Å². The molecule has 3 rings (SSSR count). The van der Waals surface area contributed by atoms with E-state index >= 15 is 0 Å². The normalized spacial score (nSPS) is 26.3. The van der Waals surface area contributed by atoms with E-state index in [1.165, 1.54) is 16.0 Å². The summed E-state index contributed by atoms with van der Waals surface area (Å²) in [6.07, 6.45) is 0.630. The minimum Gasteiger partial charge on any atom is -0.544 e. The standard InChI is InChI=1S/C32H56O5SSi3/c1-15-27-22(2)29(36-39(7,8)9)30(37-40(10,11)12)32(33,34-27)28-21-25(23(3)38-28)20-24-16-18-26(19-17-24)35-41(13,14)31(4,5)6/h16-19,21-22,27,29-30,33H,15,20H2,1-14H3/t22-,27-,29+,30-,32?/m1/s1. The van der Waals surface area contributed by atoms with Crippen molar-refractivity contribution in [3.8, 4) is 5.75 Å². The van der Waals surface area contributed by atoms with E-state index in [1.807, 2.05) is 0 Å². The Morgan fingerprint density at radius 3 is 2.00 bits per heavy atom. The summed E-state index contributed by atoms with van der Waals surface area (Å²) in [5.74, 6) is -0.514. The van der Waals surface area contributed by atoms with Gasteiger partial charge in [-0.3, -0.25) is 0 Å². The van der Waals surface area contributed by atoms with Crippen molar-refractivity contribution in [3.63, 3.8) is 0 Å². The molecular formula is C32H56O5SSi3. The molecule has 232 valence electrons. The highest BCUT2D eigenvalue weighted by atomic mass is 32.1. The van der Waals surface area contributed by atoms with Gasteiger partial charge in [0.25, 0.3) is 0 Å². The molecule has 0 radical (unpaired) electrons. The summed E-state index contributed by atoms with van der Waals surface area (Å²) < 4.78 is 26.7. The predicted octanol–water partition coefficient (Wildman–Crippen LogP) is 9.06. The fraction of sp³-hybridized carbons (Fsp3) is 0.688. The van der Waals surface area contributed by atoms with Crippen molar-refractivity contribution in [1.82, 2.24) is 0 Å². The lowest BCUT2D eigenvalue weighted by molar-refractivity contribution is -0.337. The number of aliphatic hydroxyl groups is 1. The Morgan fingerprint density at radius 2 is 1.51 bits per heavy atom. The molecule has 1 aliphatic heterocycles. The molecule has 0 saturated carbocycles. The first kappa shape index (κ1) is 34.7. The van der Waals surface area contributed by atoms with Gasteiger partial charge in [-0.25, -0.2) is 0 Å². The average Bonchev–Trinajstić information content (AvgIpc) is 3.18. The van der Waals surface area contributed by atoms with Crippen LogP contribution in [-0.2, 0) is 25.8 Å². The van der Waals surface area contributed by atoms with E-state index in [2.05, 4.69) is 124 Å². The molecule has 0 aliphatic carbocycles. The van der Waals surface area contributed by atoms with Crippen LogP contribution in [0.4, 0.5) is 0 Å². The third kappa shape index (κ3) is 8.44. The number of benzene rings is 1. The number of hydrogen-bond acceptors (Lipinski definition) is 6. The summed E-state index contributed by atoms with van der Waals surface area (Å²) in [4.78, 5) is 1.99. The highest BCUT2D eigenvalue weighted by molar-refractivity contribution is 7.12. The van der Waals surface area contributed by atoms with Crippen molar-refractivity contribution >= 4 is 36.3 Å². The highest BCUT2D eigenvalue weighted by Crippen LogP contribution is 2.47. The Morgan fingerprint density at radius 1 is 0.951 bits per heavy atom. The highest BCUT2D eigenvalue weighted by Gasteiger charge is 2.57. The second kappa shape index (κ2) is 12.3. The molecule has 1 fully saturated rings. The van der Waals surface area contributed by atoms with Gasteiger partial charge in [-0.1, -0.05) is 46.8 Å². The van der Waals surface area contributed by atoms with E-state index in [-0.39, 0.29) is 23.2 Å². The van der Waals surface area contributed by atoms with Crippen LogP contribution in [0, 0.1) is 12.8 Å². The second-order valence-corrected chi connectivity index (χ2v) is 30.2. The lowest BCUT2D eigenvalue weighted by atomic mass is 9.84. The minimum atomic E-state index is -2.06. The van der Waals surface area contributed by atoms with Crippen molar-refractivity contribution in [2.45, 2.75) is 136 Å². The molecule has 1 aliphatic rings. The molecule has 1 aromatic carbocycles. The summed E-state index contributed by atoms with van der Waals surface area (Å²) >= 11 is 1.61. The van der Waals surface area contributed by atoms with Crippen molar-refractivity contribution < 1.29 is 23.1 Å². The van der Waals surface area contributed by atoms with E-state index < -0.39 is 36.8 Å². The van der Waals surface area contributed by atoms with Crippen LogP contribution in [0.5, 0.6) is 5.75 Å². The maximum Gasteiger partial charge on any atom is 0.250 e. The Kier molecular flexibility index (Phi) is 10.4. The summed E-state index contributed by atoms with van der Waals surface area (Å²) in [5.41, 5.74) is 2.41.